The van der Waals surface area contributed by atoms with Gasteiger partial charge >= 0.3 is 0 Å². The lowest BCUT2D eigenvalue weighted by molar-refractivity contribution is -0.0841. The fraction of sp³-hybridized carbons (Fsp3) is 0.562. The predicted molar refractivity (Wildman–Crippen MR) is 156 cm³/mol. The molecule has 1 spiro atoms. The lowest BCUT2D eigenvalue weighted by Crippen LogP contribution is -2.50. The molecule has 2 aliphatic heterocycles. The van der Waals surface area contributed by atoms with Gasteiger partial charge in [0.1, 0.15) is 0 Å². The number of nitrogens with two attached hydrogens (primary N) is 1. The minimum atomic E-state index is -0.635. The van der Waals surface area contributed by atoms with E-state index in [-0.39, 0.29) is 18.4 Å². The van der Waals surface area contributed by atoms with Crippen LogP contribution in [-0.4, -0.2) is 85.3 Å². The molecule has 2 amide bonds. The molecule has 5 rings (SSSR count). The number of β-amino-alcohol motifs (C(OH)–C–C–N with tert-alkyl or cyclic N) is 1. The Balaban J connectivity index is 1.24. The highest BCUT2D eigenvalue weighted by Crippen LogP contribution is 2.50. The van der Waals surface area contributed by atoms with E-state index in [4.69, 9.17) is 10.5 Å². The van der Waals surface area contributed by atoms with Crippen LogP contribution in [-0.2, 0) is 17.7 Å². The van der Waals surface area contributed by atoms with Gasteiger partial charge in [-0.1, -0.05) is 24.3 Å². The molecule has 0 aromatic heterocycles. The molecule has 1 saturated heterocycles. The Labute approximate surface area is 238 Å². The number of likely N-dealkylation sites (tertiary alicyclic amines) is 1. The number of aliphatic hydroxyl groups is 1. The van der Waals surface area contributed by atoms with Gasteiger partial charge in [0.05, 0.1) is 23.5 Å². The van der Waals surface area contributed by atoms with E-state index in [9.17, 15) is 14.7 Å². The van der Waals surface area contributed by atoms with Crippen molar-refractivity contribution in [3.05, 3.63) is 64.7 Å². The van der Waals surface area contributed by atoms with E-state index >= 15 is 0 Å². The number of piperidine rings is 1. The number of hydrogen-bond donors (Lipinski definition) is 2. The number of likely N-dealkylation sites (N-methyl/N-ethyl adjacent to an activating group) is 1. The maximum atomic E-state index is 13.6. The van der Waals surface area contributed by atoms with Crippen LogP contribution >= 0.6 is 0 Å². The third-order valence-corrected chi connectivity index (χ3v) is 9.41. The molecule has 40 heavy (non-hydrogen) atoms. The number of nitrogens with zero attached hydrogens (tertiary/aromatic N) is 3. The molecule has 8 heteroatoms. The molecule has 8 nitrogen and oxygen atoms in total. The molecule has 3 aliphatic rings. The van der Waals surface area contributed by atoms with Crippen LogP contribution < -0.4 is 10.6 Å². The molecule has 1 aliphatic carbocycles. The van der Waals surface area contributed by atoms with Gasteiger partial charge in [0, 0.05) is 58.5 Å². The van der Waals surface area contributed by atoms with Crippen molar-refractivity contribution >= 4 is 17.5 Å². The Morgan fingerprint density at radius 2 is 1.77 bits per heavy atom. The average Bonchev–Trinajstić information content (AvgIpc) is 3.10. The summed E-state index contributed by atoms with van der Waals surface area (Å²) in [4.78, 5) is 33.0. The summed E-state index contributed by atoms with van der Waals surface area (Å²) in [7, 11) is 1.78. The smallest absolute Gasteiger partial charge is 0.256 e. The van der Waals surface area contributed by atoms with E-state index < -0.39 is 6.10 Å². The molecule has 1 atom stereocenters. The Kier molecular flexibility index (Phi) is 8.78. The van der Waals surface area contributed by atoms with Crippen molar-refractivity contribution in [1.29, 1.82) is 0 Å². The molecule has 2 heterocycles. The molecule has 2 fully saturated rings. The summed E-state index contributed by atoms with van der Waals surface area (Å²) in [6, 6.07) is 13.5. The molecule has 2 aromatic rings. The summed E-state index contributed by atoms with van der Waals surface area (Å²) in [6.45, 7) is 6.27. The number of carbonyl (C=O) groups excluding carboxylic acids is 2. The van der Waals surface area contributed by atoms with Gasteiger partial charge in [0.15, 0.2) is 0 Å². The summed E-state index contributed by atoms with van der Waals surface area (Å²) in [5.74, 6) is -0.0537. The number of methoxy groups -OCH3 is 1. The van der Waals surface area contributed by atoms with E-state index in [1.54, 1.807) is 24.1 Å². The summed E-state index contributed by atoms with van der Waals surface area (Å²) >= 11 is 0. The number of fused-ring (bicyclic) bond motifs is 1. The number of amides is 2. The molecule has 3 N–H and O–H groups in total. The van der Waals surface area contributed by atoms with Crippen LogP contribution in [0.5, 0.6) is 0 Å². The number of anilines is 1. The monoisotopic (exact) mass is 548 g/mol. The number of hydrogen-bond acceptors (Lipinski definition) is 6. The third-order valence-electron chi connectivity index (χ3n) is 9.41. The minimum absolute atomic E-state index is 0.0399. The number of aliphatic hydroxyl groups excluding tert-OH is 1. The predicted octanol–water partition coefficient (Wildman–Crippen LogP) is 3.45. The Bertz CT molecular complexity index is 1200. The first-order chi connectivity index (χ1) is 19.4. The van der Waals surface area contributed by atoms with Crippen LogP contribution in [0.25, 0.3) is 0 Å². The molecular weight excluding hydrogens is 504 g/mol. The molecule has 216 valence electrons. The van der Waals surface area contributed by atoms with E-state index in [1.807, 2.05) is 35.2 Å². The topological polar surface area (TPSA) is 99.3 Å². The highest BCUT2D eigenvalue weighted by Gasteiger charge is 2.46. The second-order valence-corrected chi connectivity index (χ2v) is 11.8. The van der Waals surface area contributed by atoms with E-state index in [1.165, 1.54) is 0 Å². The van der Waals surface area contributed by atoms with Crippen LogP contribution in [0.2, 0.25) is 0 Å². The van der Waals surface area contributed by atoms with Crippen LogP contribution in [0.4, 0.5) is 5.69 Å². The van der Waals surface area contributed by atoms with Gasteiger partial charge in [0.25, 0.3) is 11.8 Å². The maximum absolute atomic E-state index is 13.6. The van der Waals surface area contributed by atoms with E-state index in [0.717, 1.165) is 62.1 Å². The molecule has 1 saturated carbocycles. The highest BCUT2D eigenvalue weighted by atomic mass is 16.5. The zero-order valence-electron chi connectivity index (χ0n) is 24.0. The second-order valence-electron chi connectivity index (χ2n) is 11.8. The first-order valence-corrected chi connectivity index (χ1v) is 14.8. The number of ether oxygens (including phenoxy) is 1. The fourth-order valence-electron chi connectivity index (χ4n) is 6.76. The fourth-order valence-corrected chi connectivity index (χ4v) is 6.76. The van der Waals surface area contributed by atoms with Crippen molar-refractivity contribution in [2.45, 2.75) is 64.2 Å². The number of benzene rings is 2. The van der Waals surface area contributed by atoms with Crippen molar-refractivity contribution in [2.24, 2.45) is 11.1 Å². The standard InChI is InChI=1S/C32H44N4O4/c1-3-34-16-17-36(22-26(37)10-8-23-6-4-5-7-25(23)21-33)31(39)28-11-9-24(18-29(28)34)30(38)35-14-12-32(13-15-35)19-27(20-32)40-2/h4-7,9,11,18,26-27,37H,3,8,10,12-17,19-22,33H2,1-2H3/t26-/m0/s1. The normalized spacial score (nSPS) is 19.8. The van der Waals surface area contributed by atoms with Gasteiger partial charge < -0.3 is 30.3 Å². The largest absolute Gasteiger partial charge is 0.391 e. The van der Waals surface area contributed by atoms with Crippen molar-refractivity contribution in [1.82, 2.24) is 9.80 Å². The van der Waals surface area contributed by atoms with Gasteiger partial charge in [-0.3, -0.25) is 9.59 Å². The lowest BCUT2D eigenvalue weighted by atomic mass is 9.61. The molecular formula is C32H44N4O4. The first-order valence-electron chi connectivity index (χ1n) is 14.8. The average molecular weight is 549 g/mol. The van der Waals surface area contributed by atoms with Crippen LogP contribution in [0.1, 0.15) is 70.9 Å². The van der Waals surface area contributed by atoms with E-state index in [2.05, 4.69) is 11.8 Å². The van der Waals surface area contributed by atoms with Gasteiger partial charge in [-0.05, 0) is 80.2 Å². The Hall–Kier alpha value is -2.94. The third kappa shape index (κ3) is 5.90. The molecule has 0 unspecified atom stereocenters. The number of aryl methyl sites for hydroxylation is 1. The summed E-state index contributed by atoms with van der Waals surface area (Å²) in [5.41, 5.74) is 10.5. The zero-order valence-corrected chi connectivity index (χ0v) is 24.0. The Morgan fingerprint density at radius 1 is 1.07 bits per heavy atom. The summed E-state index contributed by atoms with van der Waals surface area (Å²) in [5, 5.41) is 10.9. The van der Waals surface area contributed by atoms with E-state index in [0.29, 0.717) is 55.1 Å². The quantitative estimate of drug-likeness (QED) is 0.498. The van der Waals surface area contributed by atoms with Crippen LogP contribution in [0, 0.1) is 5.41 Å². The highest BCUT2D eigenvalue weighted by molar-refractivity contribution is 6.03. The van der Waals surface area contributed by atoms with Gasteiger partial charge in [-0.25, -0.2) is 0 Å². The summed E-state index contributed by atoms with van der Waals surface area (Å²) < 4.78 is 5.48. The SMILES string of the molecule is CCN1CCN(C[C@@H](O)CCc2ccccc2CN)C(=O)c2ccc(C(=O)N3CCC4(CC3)CC(OC)C4)cc21. The van der Waals surface area contributed by atoms with Crippen molar-refractivity contribution in [3.8, 4) is 0 Å². The van der Waals surface area contributed by atoms with Gasteiger partial charge in [0.2, 0.25) is 0 Å². The Morgan fingerprint density at radius 3 is 2.45 bits per heavy atom. The van der Waals surface area contributed by atoms with Crippen molar-refractivity contribution in [2.75, 3.05) is 51.3 Å². The number of carbonyl (C=O) groups is 2. The maximum Gasteiger partial charge on any atom is 0.256 e. The number of rotatable bonds is 9. The first kappa shape index (κ1) is 28.6. The zero-order chi connectivity index (χ0) is 28.3. The molecule has 0 radical (unpaired) electrons. The van der Waals surface area contributed by atoms with Crippen molar-refractivity contribution < 1.29 is 19.4 Å². The molecule has 0 bridgehead atoms. The second kappa shape index (κ2) is 12.3. The van der Waals surface area contributed by atoms with Gasteiger partial charge in [-0.2, -0.15) is 0 Å². The lowest BCUT2D eigenvalue weighted by Gasteiger charge is -2.51. The van der Waals surface area contributed by atoms with Gasteiger partial charge in [-0.15, -0.1) is 0 Å². The summed E-state index contributed by atoms with van der Waals surface area (Å²) in [6.07, 6.45) is 5.26. The van der Waals surface area contributed by atoms with Crippen molar-refractivity contribution in [3.63, 3.8) is 0 Å². The van der Waals surface area contributed by atoms with Crippen LogP contribution in [0.15, 0.2) is 42.5 Å². The molecule has 2 aromatic carbocycles. The minimum Gasteiger partial charge on any atom is -0.391 e. The van der Waals surface area contributed by atoms with Crippen LogP contribution in [0.3, 0.4) is 0 Å².